The number of halogens is 1. The third-order valence-electron chi connectivity index (χ3n) is 3.70. The molecule has 0 radical (unpaired) electrons. The molecule has 0 aliphatic carbocycles. The summed E-state index contributed by atoms with van der Waals surface area (Å²) in [6.45, 7) is 3.41. The van der Waals surface area contributed by atoms with E-state index in [1.165, 1.54) is 0 Å². The number of hydrogen-bond donors (Lipinski definition) is 4. The van der Waals surface area contributed by atoms with Crippen LogP contribution >= 0.6 is 12.4 Å². The van der Waals surface area contributed by atoms with Crippen LogP contribution in [0.15, 0.2) is 18.2 Å². The van der Waals surface area contributed by atoms with Gasteiger partial charge in [0, 0.05) is 0 Å². The first-order valence-corrected chi connectivity index (χ1v) is 7.82. The second kappa shape index (κ2) is 9.24. The van der Waals surface area contributed by atoms with Gasteiger partial charge in [-0.3, -0.25) is 14.4 Å². The molecule has 1 aliphatic rings. The lowest BCUT2D eigenvalue weighted by Crippen LogP contribution is -2.40. The van der Waals surface area contributed by atoms with Gasteiger partial charge in [0.05, 0.1) is 24.8 Å². The highest BCUT2D eigenvalue weighted by Crippen LogP contribution is 2.32. The molecular formula is C16H23ClN4O4. The van der Waals surface area contributed by atoms with Gasteiger partial charge < -0.3 is 26.4 Å². The average Bonchev–Trinajstić information content (AvgIpc) is 2.58. The van der Waals surface area contributed by atoms with Crippen LogP contribution in [-0.2, 0) is 14.4 Å². The Hall–Kier alpha value is -2.32. The van der Waals surface area contributed by atoms with Crippen molar-refractivity contribution in [1.29, 1.82) is 0 Å². The number of rotatable bonds is 6. The Kier molecular flexibility index (Phi) is 7.66. The predicted molar refractivity (Wildman–Crippen MR) is 95.6 cm³/mol. The van der Waals surface area contributed by atoms with Crippen molar-refractivity contribution in [3.8, 4) is 5.75 Å². The summed E-state index contributed by atoms with van der Waals surface area (Å²) in [4.78, 5) is 34.6. The van der Waals surface area contributed by atoms with Crippen LogP contribution in [0.5, 0.6) is 5.75 Å². The van der Waals surface area contributed by atoms with Crippen molar-refractivity contribution in [2.24, 2.45) is 5.73 Å². The minimum Gasteiger partial charge on any atom is -0.478 e. The summed E-state index contributed by atoms with van der Waals surface area (Å²) in [6.07, 6.45) is 0.0620. The number of hydrogen-bond acceptors (Lipinski definition) is 5. The topological polar surface area (TPSA) is 123 Å². The van der Waals surface area contributed by atoms with Crippen LogP contribution in [-0.4, -0.2) is 36.9 Å². The van der Waals surface area contributed by atoms with Gasteiger partial charge in [-0.05, 0) is 31.0 Å². The summed E-state index contributed by atoms with van der Waals surface area (Å²) < 4.78 is 5.69. The largest absolute Gasteiger partial charge is 0.478 e. The molecule has 25 heavy (non-hydrogen) atoms. The SMILES string of the molecule is CCC1Oc2cc(C(C)NC(=O)CNC(=O)CN)ccc2NC1=O.Cl. The van der Waals surface area contributed by atoms with Crippen molar-refractivity contribution in [3.63, 3.8) is 0 Å². The van der Waals surface area contributed by atoms with E-state index in [0.29, 0.717) is 17.9 Å². The Balaban J connectivity index is 0.00000312. The third-order valence-corrected chi connectivity index (χ3v) is 3.70. The molecule has 2 atom stereocenters. The molecule has 8 nitrogen and oxygen atoms in total. The molecule has 0 saturated carbocycles. The Morgan fingerprint density at radius 3 is 2.72 bits per heavy atom. The van der Waals surface area contributed by atoms with Crippen LogP contribution < -0.4 is 26.4 Å². The van der Waals surface area contributed by atoms with Gasteiger partial charge in [-0.1, -0.05) is 13.0 Å². The van der Waals surface area contributed by atoms with Crippen LogP contribution in [0.25, 0.3) is 0 Å². The quantitative estimate of drug-likeness (QED) is 0.579. The van der Waals surface area contributed by atoms with Crippen LogP contribution in [0.1, 0.15) is 31.9 Å². The zero-order chi connectivity index (χ0) is 17.7. The highest BCUT2D eigenvalue weighted by atomic mass is 35.5. The maximum atomic E-state index is 11.8. The Bertz CT molecular complexity index is 653. The summed E-state index contributed by atoms with van der Waals surface area (Å²) in [6, 6.07) is 5.06. The zero-order valence-electron chi connectivity index (χ0n) is 14.1. The number of fused-ring (bicyclic) bond motifs is 1. The van der Waals surface area contributed by atoms with E-state index in [0.717, 1.165) is 5.56 Å². The van der Waals surface area contributed by atoms with E-state index in [1.807, 2.05) is 13.8 Å². The van der Waals surface area contributed by atoms with Crippen molar-refractivity contribution in [3.05, 3.63) is 23.8 Å². The number of benzene rings is 1. The van der Waals surface area contributed by atoms with Crippen molar-refractivity contribution >= 4 is 35.8 Å². The van der Waals surface area contributed by atoms with Crippen molar-refractivity contribution in [1.82, 2.24) is 10.6 Å². The second-order valence-electron chi connectivity index (χ2n) is 5.53. The van der Waals surface area contributed by atoms with Gasteiger partial charge in [-0.25, -0.2) is 0 Å². The maximum Gasteiger partial charge on any atom is 0.265 e. The smallest absolute Gasteiger partial charge is 0.265 e. The molecule has 3 amide bonds. The van der Waals surface area contributed by atoms with Crippen molar-refractivity contribution in [2.45, 2.75) is 32.4 Å². The fourth-order valence-electron chi connectivity index (χ4n) is 2.32. The first-order valence-electron chi connectivity index (χ1n) is 7.82. The van der Waals surface area contributed by atoms with Crippen molar-refractivity contribution < 1.29 is 19.1 Å². The van der Waals surface area contributed by atoms with Gasteiger partial charge in [0.1, 0.15) is 5.75 Å². The number of carbonyl (C=O) groups excluding carboxylic acids is 3. The molecule has 138 valence electrons. The molecule has 9 heteroatoms. The fraction of sp³-hybridized carbons (Fsp3) is 0.438. The first-order chi connectivity index (χ1) is 11.4. The summed E-state index contributed by atoms with van der Waals surface area (Å²) in [5.74, 6) is -0.282. The lowest BCUT2D eigenvalue weighted by molar-refractivity contribution is -0.125. The highest BCUT2D eigenvalue weighted by molar-refractivity contribution is 5.97. The first kappa shape index (κ1) is 20.7. The van der Waals surface area contributed by atoms with Gasteiger partial charge in [0.25, 0.3) is 5.91 Å². The summed E-state index contributed by atoms with van der Waals surface area (Å²) in [7, 11) is 0. The maximum absolute atomic E-state index is 11.8. The molecule has 0 aromatic heterocycles. The van der Waals surface area contributed by atoms with Crippen LogP contribution in [0.4, 0.5) is 5.69 Å². The molecule has 0 saturated heterocycles. The van der Waals surface area contributed by atoms with E-state index in [-0.39, 0.29) is 49.3 Å². The summed E-state index contributed by atoms with van der Waals surface area (Å²) in [5, 5.41) is 7.98. The lowest BCUT2D eigenvalue weighted by atomic mass is 10.1. The van der Waals surface area contributed by atoms with Crippen LogP contribution in [0.2, 0.25) is 0 Å². The van der Waals surface area contributed by atoms with Gasteiger partial charge in [0.15, 0.2) is 6.10 Å². The molecule has 1 aromatic rings. The minimum absolute atomic E-state index is 0. The molecule has 1 aliphatic heterocycles. The predicted octanol–water partition coefficient (Wildman–Crippen LogP) is 0.470. The molecule has 0 spiro atoms. The van der Waals surface area contributed by atoms with E-state index in [9.17, 15) is 14.4 Å². The standard InChI is InChI=1S/C16H22N4O4.ClH/c1-3-12-16(23)20-11-5-4-10(6-13(11)24-12)9(2)19-15(22)8-18-14(21)7-17;/h4-6,9,12H,3,7-8,17H2,1-2H3,(H,18,21)(H,19,22)(H,20,23);1H. The van der Waals surface area contributed by atoms with E-state index < -0.39 is 6.10 Å². The number of amides is 3. The normalized spacial score (nSPS) is 16.4. The van der Waals surface area contributed by atoms with E-state index in [1.54, 1.807) is 18.2 Å². The number of anilines is 1. The van der Waals surface area contributed by atoms with E-state index in [4.69, 9.17) is 10.5 Å². The number of nitrogens with one attached hydrogen (secondary N) is 3. The molecule has 0 bridgehead atoms. The molecule has 2 rings (SSSR count). The lowest BCUT2D eigenvalue weighted by Gasteiger charge is -2.26. The second-order valence-corrected chi connectivity index (χ2v) is 5.53. The minimum atomic E-state index is -0.510. The Morgan fingerprint density at radius 1 is 1.36 bits per heavy atom. The molecule has 1 heterocycles. The van der Waals surface area contributed by atoms with Gasteiger partial charge in [-0.2, -0.15) is 0 Å². The summed E-state index contributed by atoms with van der Waals surface area (Å²) in [5.41, 5.74) is 6.61. The number of ether oxygens (including phenoxy) is 1. The van der Waals surface area contributed by atoms with E-state index in [2.05, 4.69) is 16.0 Å². The zero-order valence-corrected chi connectivity index (χ0v) is 14.9. The molecule has 1 aromatic carbocycles. The number of nitrogens with two attached hydrogens (primary N) is 1. The average molecular weight is 371 g/mol. The van der Waals surface area contributed by atoms with E-state index >= 15 is 0 Å². The van der Waals surface area contributed by atoms with Crippen LogP contribution in [0.3, 0.4) is 0 Å². The molecule has 5 N–H and O–H groups in total. The fourth-order valence-corrected chi connectivity index (χ4v) is 2.32. The number of carbonyl (C=O) groups is 3. The molecule has 2 unspecified atom stereocenters. The Labute approximate surface area is 152 Å². The van der Waals surface area contributed by atoms with Crippen molar-refractivity contribution in [2.75, 3.05) is 18.4 Å². The van der Waals surface area contributed by atoms with Gasteiger partial charge in [-0.15, -0.1) is 12.4 Å². The van der Waals surface area contributed by atoms with Gasteiger partial charge >= 0.3 is 0 Å². The summed E-state index contributed by atoms with van der Waals surface area (Å²) >= 11 is 0. The highest BCUT2D eigenvalue weighted by Gasteiger charge is 2.26. The third kappa shape index (κ3) is 5.33. The molecule has 0 fully saturated rings. The Morgan fingerprint density at radius 2 is 2.08 bits per heavy atom. The monoisotopic (exact) mass is 370 g/mol. The molecular weight excluding hydrogens is 348 g/mol. The van der Waals surface area contributed by atoms with Gasteiger partial charge in [0.2, 0.25) is 11.8 Å². The van der Waals surface area contributed by atoms with Crippen LogP contribution in [0, 0.1) is 0 Å².